The number of rotatable bonds is 6. The van der Waals surface area contributed by atoms with Crippen LogP contribution in [0.2, 0.25) is 0 Å². The minimum atomic E-state index is -0.163. The molecule has 3 heterocycles. The summed E-state index contributed by atoms with van der Waals surface area (Å²) in [4.78, 5) is 4.94. The largest absolute Gasteiger partial charge is 0.458 e. The predicted octanol–water partition coefficient (Wildman–Crippen LogP) is 18.3. The van der Waals surface area contributed by atoms with Crippen LogP contribution in [0.15, 0.2) is 212 Å². The number of hydrogen-bond donors (Lipinski definition) is 0. The number of para-hydroxylation sites is 3. The third-order valence-electron chi connectivity index (χ3n) is 16.7. The third kappa shape index (κ3) is 7.42. The third-order valence-corrected chi connectivity index (χ3v) is 16.7. The molecule has 0 aliphatic heterocycles. The van der Waals surface area contributed by atoms with Gasteiger partial charge in [0, 0.05) is 28.6 Å². The van der Waals surface area contributed by atoms with E-state index in [4.69, 9.17) is 9.72 Å². The van der Waals surface area contributed by atoms with Gasteiger partial charge in [-0.1, -0.05) is 200 Å². The van der Waals surface area contributed by atoms with E-state index < -0.39 is 0 Å². The lowest BCUT2D eigenvalue weighted by atomic mass is 9.58. The van der Waals surface area contributed by atoms with Crippen molar-refractivity contribution in [2.45, 2.75) is 77.6 Å². The van der Waals surface area contributed by atoms with Crippen molar-refractivity contribution < 1.29 is 9.30 Å². The second-order valence-corrected chi connectivity index (χ2v) is 23.5. The number of hydrogen-bond acceptors (Lipinski definition) is 2. The molecule has 14 rings (SSSR count). The summed E-state index contributed by atoms with van der Waals surface area (Å²) in [6.07, 6.45) is 8.15. The Bertz CT molecular complexity index is 4350. The Kier molecular flexibility index (Phi) is 10.5. The molecule has 0 atom stereocenters. The number of nitrogens with zero attached hydrogens (tertiary/aromatic N) is 4. The zero-order chi connectivity index (χ0) is 52.4. The van der Waals surface area contributed by atoms with Crippen LogP contribution in [-0.4, -0.2) is 14.1 Å². The highest BCUT2D eigenvalue weighted by Gasteiger charge is 2.45. The number of pyridine rings is 1. The van der Waals surface area contributed by atoms with Gasteiger partial charge < -0.3 is 4.74 Å². The van der Waals surface area contributed by atoms with Gasteiger partial charge in [-0.3, -0.25) is 13.7 Å². The first kappa shape index (κ1) is 46.7. The van der Waals surface area contributed by atoms with E-state index in [0.717, 1.165) is 69.0 Å². The first-order valence-electron chi connectivity index (χ1n) is 27.2. The van der Waals surface area contributed by atoms with Gasteiger partial charge in [-0.15, -0.1) is 0 Å². The van der Waals surface area contributed by atoms with E-state index in [9.17, 15) is 0 Å². The number of benzene rings is 9. The second kappa shape index (κ2) is 17.4. The van der Waals surface area contributed by atoms with Crippen molar-refractivity contribution in [2.75, 3.05) is 0 Å². The van der Waals surface area contributed by atoms with Gasteiger partial charge in [-0.25, -0.2) is 4.98 Å². The number of ether oxygens (including phenoxy) is 1. The Morgan fingerprint density at radius 3 is 1.74 bits per heavy atom. The van der Waals surface area contributed by atoms with Crippen LogP contribution in [0.4, 0.5) is 0 Å². The summed E-state index contributed by atoms with van der Waals surface area (Å²) in [5.74, 6) is 2.36. The average Bonchev–Trinajstić information content (AvgIpc) is 4.05. The Hall–Kier alpha value is -8.80. The molecule has 0 unspecified atom stereocenters. The Morgan fingerprint density at radius 1 is 0.494 bits per heavy atom. The van der Waals surface area contributed by atoms with Crippen LogP contribution in [0.3, 0.4) is 0 Å². The Morgan fingerprint density at radius 2 is 1.05 bits per heavy atom. The van der Waals surface area contributed by atoms with Gasteiger partial charge >= 0.3 is 0 Å². The standard InChI is InChI=1S/C72H60N4O/c1-70(2,3)47-38-41-73-63(42-47)76-59-33-18-17-30-55(59)56-37-36-50(44-62(56)76)77-49-25-21-24-48(43-49)74-45-75(61-35-20-19-34-60(61)74)69-64(46-22-9-8-10-23-46)67-68(72(6,7)40-39-71(67,4)5)65-57-31-15-13-28-53(57)51-26-11-12-27-52(51)54-29-14-16-32-58(54)66(65)69/h8-38,41-44H,39-40H2,1-7H3. The van der Waals surface area contributed by atoms with Crippen LogP contribution in [0.5, 0.6) is 11.5 Å². The van der Waals surface area contributed by atoms with E-state index in [0.29, 0.717) is 0 Å². The SMILES string of the molecule is CC(C)(C)c1ccnc(-n2c3ccccc3c3ccc(Oc4cccc(-n5[c-][n+](-c6c7c(c8c(c6-c6ccccc6)C(C)(C)CCC8(C)C)-c6ccccc6-c6ccccc6-c6ccccc6-7)c6ccccc65)c4)cc32)c1. The molecule has 0 saturated carbocycles. The highest BCUT2D eigenvalue weighted by Crippen LogP contribution is 2.60. The van der Waals surface area contributed by atoms with Gasteiger partial charge in [-0.2, -0.15) is 0 Å². The van der Waals surface area contributed by atoms with Crippen LogP contribution < -0.4 is 9.30 Å². The van der Waals surface area contributed by atoms with Gasteiger partial charge in [0.05, 0.1) is 33.4 Å². The molecule has 0 N–H and O–H groups in total. The minimum absolute atomic E-state index is 0.0287. The molecule has 77 heavy (non-hydrogen) atoms. The van der Waals surface area contributed by atoms with Crippen molar-refractivity contribution in [3.63, 3.8) is 0 Å². The molecule has 2 aliphatic rings. The molecule has 5 nitrogen and oxygen atoms in total. The Balaban J connectivity index is 1.01. The highest BCUT2D eigenvalue weighted by atomic mass is 16.5. The summed E-state index contributed by atoms with van der Waals surface area (Å²) in [6.45, 7) is 16.7. The van der Waals surface area contributed by atoms with Crippen LogP contribution in [0, 0.1) is 6.33 Å². The fraction of sp³-hybridized carbons (Fsp3) is 0.167. The summed E-state index contributed by atoms with van der Waals surface area (Å²) in [5.41, 5.74) is 22.5. The summed E-state index contributed by atoms with van der Waals surface area (Å²) in [5, 5.41) is 2.32. The molecule has 5 heteroatoms. The smallest absolute Gasteiger partial charge is 0.269 e. The molecule has 3 aromatic heterocycles. The summed E-state index contributed by atoms with van der Waals surface area (Å²) >= 11 is 0. The van der Waals surface area contributed by atoms with Gasteiger partial charge in [0.25, 0.3) is 6.33 Å². The van der Waals surface area contributed by atoms with E-state index in [-0.39, 0.29) is 16.2 Å². The first-order valence-corrected chi connectivity index (χ1v) is 27.2. The maximum Gasteiger partial charge on any atom is 0.269 e. The maximum absolute atomic E-state index is 6.93. The van der Waals surface area contributed by atoms with Crippen molar-refractivity contribution in [3.05, 3.63) is 235 Å². The first-order chi connectivity index (χ1) is 37.3. The van der Waals surface area contributed by atoms with E-state index in [1.807, 2.05) is 12.3 Å². The van der Waals surface area contributed by atoms with Gasteiger partial charge in [0.15, 0.2) is 0 Å². The summed E-state index contributed by atoms with van der Waals surface area (Å²) < 4.78 is 13.8. The molecule has 0 spiro atoms. The van der Waals surface area contributed by atoms with Crippen LogP contribution in [0.25, 0.3) is 106 Å². The van der Waals surface area contributed by atoms with E-state index in [2.05, 4.69) is 269 Å². The van der Waals surface area contributed by atoms with Crippen molar-refractivity contribution >= 4 is 32.8 Å². The molecule has 374 valence electrons. The van der Waals surface area contributed by atoms with Gasteiger partial charge in [-0.05, 0) is 144 Å². The molecule has 2 aliphatic carbocycles. The van der Waals surface area contributed by atoms with E-state index >= 15 is 0 Å². The zero-order valence-electron chi connectivity index (χ0n) is 44.8. The topological polar surface area (TPSA) is 35.9 Å². The number of imidazole rings is 1. The lowest BCUT2D eigenvalue weighted by molar-refractivity contribution is -0.571. The minimum Gasteiger partial charge on any atom is -0.458 e. The quantitative estimate of drug-likeness (QED) is 0.123. The van der Waals surface area contributed by atoms with Crippen molar-refractivity contribution in [1.82, 2.24) is 14.1 Å². The van der Waals surface area contributed by atoms with Crippen molar-refractivity contribution in [3.8, 4) is 84.3 Å². The fourth-order valence-electron chi connectivity index (χ4n) is 12.9. The maximum atomic E-state index is 6.93. The molecular weight excluding hydrogens is 937 g/mol. The monoisotopic (exact) mass is 996 g/mol. The van der Waals surface area contributed by atoms with Crippen molar-refractivity contribution in [2.24, 2.45) is 0 Å². The molecular formula is C72H60N4O. The van der Waals surface area contributed by atoms with E-state index in [1.54, 1.807) is 0 Å². The molecule has 9 aromatic carbocycles. The molecule has 0 saturated heterocycles. The lowest BCUT2D eigenvalue weighted by Gasteiger charge is -2.46. The predicted molar refractivity (Wildman–Crippen MR) is 317 cm³/mol. The second-order valence-electron chi connectivity index (χ2n) is 23.5. The van der Waals surface area contributed by atoms with Crippen molar-refractivity contribution in [1.29, 1.82) is 0 Å². The van der Waals surface area contributed by atoms with Crippen LogP contribution in [0.1, 0.15) is 78.0 Å². The number of aromatic nitrogens is 4. The molecule has 0 radical (unpaired) electrons. The Labute approximate surface area is 451 Å². The number of fused-ring (bicyclic) bond motifs is 14. The highest BCUT2D eigenvalue weighted by molar-refractivity contribution is 6.10. The molecule has 0 bridgehead atoms. The molecule has 0 fully saturated rings. The summed E-state index contributed by atoms with van der Waals surface area (Å²) in [7, 11) is 0. The van der Waals surface area contributed by atoms with E-state index in [1.165, 1.54) is 77.7 Å². The normalized spacial score (nSPS) is 14.3. The molecule has 0 amide bonds. The lowest BCUT2D eigenvalue weighted by Crippen LogP contribution is -2.39. The van der Waals surface area contributed by atoms with Crippen LogP contribution in [-0.2, 0) is 16.2 Å². The fourth-order valence-corrected chi connectivity index (χ4v) is 12.9. The zero-order valence-corrected chi connectivity index (χ0v) is 44.8. The van der Waals surface area contributed by atoms with Gasteiger partial charge in [0.2, 0.25) is 0 Å². The van der Waals surface area contributed by atoms with Gasteiger partial charge in [0.1, 0.15) is 17.3 Å². The van der Waals surface area contributed by atoms with Crippen LogP contribution >= 0.6 is 0 Å². The summed E-state index contributed by atoms with van der Waals surface area (Å²) in [6, 6.07) is 75.0. The average molecular weight is 997 g/mol. The molecule has 12 aromatic rings.